The first-order chi connectivity index (χ1) is 8.31. The summed E-state index contributed by atoms with van der Waals surface area (Å²) < 4.78 is 0. The van der Waals surface area contributed by atoms with E-state index < -0.39 is 24.1 Å². The smallest absolute Gasteiger partial charge is 0.326 e. The van der Waals surface area contributed by atoms with E-state index in [1.807, 2.05) is 25.9 Å². The predicted octanol–water partition coefficient (Wildman–Crippen LogP) is -0.834. The Bertz CT molecular complexity index is 321. The van der Waals surface area contributed by atoms with Crippen LogP contribution in [-0.4, -0.2) is 77.4 Å². The first kappa shape index (κ1) is 14.7. The molecule has 1 heterocycles. The zero-order chi connectivity index (χ0) is 13.9. The third-order valence-corrected chi connectivity index (χ3v) is 2.83. The Morgan fingerprint density at radius 2 is 2.11 bits per heavy atom. The van der Waals surface area contributed by atoms with Gasteiger partial charge < -0.3 is 25.3 Å². The van der Waals surface area contributed by atoms with E-state index in [4.69, 9.17) is 5.11 Å². The van der Waals surface area contributed by atoms with Crippen molar-refractivity contribution in [1.82, 2.24) is 15.1 Å². The number of nitrogens with one attached hydrogen (secondary N) is 1. The number of urea groups is 1. The third-order valence-electron chi connectivity index (χ3n) is 2.83. The minimum atomic E-state index is -1.08. The van der Waals surface area contributed by atoms with E-state index in [0.29, 0.717) is 6.54 Å². The summed E-state index contributed by atoms with van der Waals surface area (Å²) in [6, 6.07) is -1.46. The number of carboxylic acid groups (broad SMARTS) is 1. The van der Waals surface area contributed by atoms with Crippen molar-refractivity contribution in [3.63, 3.8) is 0 Å². The molecular formula is C11H21N3O4. The summed E-state index contributed by atoms with van der Waals surface area (Å²) in [4.78, 5) is 26.0. The van der Waals surface area contributed by atoms with Crippen LogP contribution < -0.4 is 5.32 Å². The number of hydrogen-bond acceptors (Lipinski definition) is 4. The lowest BCUT2D eigenvalue weighted by Gasteiger charge is -2.25. The van der Waals surface area contributed by atoms with Crippen LogP contribution in [0.3, 0.4) is 0 Å². The second kappa shape index (κ2) is 6.01. The van der Waals surface area contributed by atoms with Crippen LogP contribution in [0, 0.1) is 0 Å². The van der Waals surface area contributed by atoms with Crippen molar-refractivity contribution in [1.29, 1.82) is 0 Å². The summed E-state index contributed by atoms with van der Waals surface area (Å²) in [5.41, 5.74) is 0. The van der Waals surface area contributed by atoms with Gasteiger partial charge in [0.1, 0.15) is 6.04 Å². The molecule has 0 aromatic rings. The molecule has 1 rings (SSSR count). The fourth-order valence-electron chi connectivity index (χ4n) is 2.16. The number of aliphatic hydroxyl groups excluding tert-OH is 1. The number of carbonyl (C=O) groups is 2. The number of hydrogen-bond donors (Lipinski definition) is 3. The molecule has 7 nitrogen and oxygen atoms in total. The number of aliphatic carboxylic acids is 1. The Kier molecular flexibility index (Phi) is 4.92. The lowest BCUT2D eigenvalue weighted by molar-refractivity contribution is -0.141. The summed E-state index contributed by atoms with van der Waals surface area (Å²) >= 11 is 0. The molecule has 104 valence electrons. The Morgan fingerprint density at radius 3 is 2.61 bits per heavy atom. The maximum absolute atomic E-state index is 11.9. The third kappa shape index (κ3) is 3.85. The van der Waals surface area contributed by atoms with Crippen LogP contribution in [0.2, 0.25) is 0 Å². The second-order valence-corrected chi connectivity index (χ2v) is 5.01. The highest BCUT2D eigenvalue weighted by atomic mass is 16.4. The van der Waals surface area contributed by atoms with E-state index in [2.05, 4.69) is 5.32 Å². The monoisotopic (exact) mass is 259 g/mol. The summed E-state index contributed by atoms with van der Waals surface area (Å²) in [7, 11) is 3.78. The number of amides is 2. The van der Waals surface area contributed by atoms with Gasteiger partial charge >= 0.3 is 12.0 Å². The Morgan fingerprint density at radius 1 is 1.50 bits per heavy atom. The normalized spacial score (nSPS) is 25.3. The van der Waals surface area contributed by atoms with E-state index in [1.54, 1.807) is 0 Å². The van der Waals surface area contributed by atoms with E-state index in [9.17, 15) is 14.7 Å². The van der Waals surface area contributed by atoms with Gasteiger partial charge in [0.15, 0.2) is 0 Å². The van der Waals surface area contributed by atoms with Crippen LogP contribution in [0.4, 0.5) is 4.79 Å². The number of likely N-dealkylation sites (tertiary alicyclic amines) is 1. The molecule has 3 atom stereocenters. The van der Waals surface area contributed by atoms with E-state index in [0.717, 1.165) is 0 Å². The zero-order valence-corrected chi connectivity index (χ0v) is 11.0. The molecule has 1 fully saturated rings. The van der Waals surface area contributed by atoms with Crippen LogP contribution in [-0.2, 0) is 4.79 Å². The maximum atomic E-state index is 11.9. The lowest BCUT2D eigenvalue weighted by atomic mass is 10.2. The van der Waals surface area contributed by atoms with Gasteiger partial charge in [-0.3, -0.25) is 0 Å². The quantitative estimate of drug-likeness (QED) is 0.612. The molecule has 0 aromatic heterocycles. The molecule has 2 unspecified atom stereocenters. The van der Waals surface area contributed by atoms with E-state index in [1.165, 1.54) is 4.90 Å². The SMILES string of the molecule is CC(CN(C)C)NC(=O)N1CC(O)C[C@H]1C(=O)O. The van der Waals surface area contributed by atoms with Crippen LogP contribution >= 0.6 is 0 Å². The van der Waals surface area contributed by atoms with Gasteiger partial charge in [-0.1, -0.05) is 0 Å². The first-order valence-electron chi connectivity index (χ1n) is 5.94. The molecule has 7 heteroatoms. The summed E-state index contributed by atoms with van der Waals surface area (Å²) in [6.45, 7) is 2.58. The Hall–Kier alpha value is -1.34. The minimum absolute atomic E-state index is 0.0669. The van der Waals surface area contributed by atoms with Gasteiger partial charge in [0, 0.05) is 25.6 Å². The summed E-state index contributed by atoms with van der Waals surface area (Å²) in [6.07, 6.45) is -0.675. The average Bonchev–Trinajstić information content (AvgIpc) is 2.58. The maximum Gasteiger partial charge on any atom is 0.326 e. The fourth-order valence-corrected chi connectivity index (χ4v) is 2.16. The molecule has 0 aromatic carbocycles. The number of nitrogens with zero attached hydrogens (tertiary/aromatic N) is 2. The van der Waals surface area contributed by atoms with Crippen molar-refractivity contribution >= 4 is 12.0 Å². The summed E-state index contributed by atoms with van der Waals surface area (Å²) in [5, 5.41) is 21.2. The highest BCUT2D eigenvalue weighted by Gasteiger charge is 2.39. The highest BCUT2D eigenvalue weighted by Crippen LogP contribution is 2.18. The van der Waals surface area contributed by atoms with Gasteiger partial charge in [-0.2, -0.15) is 0 Å². The largest absolute Gasteiger partial charge is 0.480 e. The molecule has 0 saturated carbocycles. The lowest BCUT2D eigenvalue weighted by Crippen LogP contribution is -2.50. The van der Waals surface area contributed by atoms with Crippen molar-refractivity contribution < 1.29 is 19.8 Å². The zero-order valence-electron chi connectivity index (χ0n) is 11.0. The molecule has 0 spiro atoms. The topological polar surface area (TPSA) is 93.1 Å². The fraction of sp³-hybridized carbons (Fsp3) is 0.818. The van der Waals surface area contributed by atoms with Gasteiger partial charge in [0.2, 0.25) is 0 Å². The number of likely N-dealkylation sites (N-methyl/N-ethyl adjacent to an activating group) is 1. The van der Waals surface area contributed by atoms with Crippen molar-refractivity contribution in [2.24, 2.45) is 0 Å². The Labute approximate surface area is 106 Å². The molecule has 2 amide bonds. The molecule has 1 saturated heterocycles. The Balaban J connectivity index is 2.57. The average molecular weight is 259 g/mol. The van der Waals surface area contributed by atoms with E-state index in [-0.39, 0.29) is 19.0 Å². The molecule has 1 aliphatic heterocycles. The molecule has 0 bridgehead atoms. The van der Waals surface area contributed by atoms with Crippen molar-refractivity contribution in [3.05, 3.63) is 0 Å². The number of carboxylic acids is 1. The van der Waals surface area contributed by atoms with Gasteiger partial charge in [-0.05, 0) is 21.0 Å². The van der Waals surface area contributed by atoms with Gasteiger partial charge in [-0.15, -0.1) is 0 Å². The summed E-state index contributed by atoms with van der Waals surface area (Å²) in [5.74, 6) is -1.08. The van der Waals surface area contributed by atoms with Crippen LogP contribution in [0.1, 0.15) is 13.3 Å². The van der Waals surface area contributed by atoms with Gasteiger partial charge in [-0.25, -0.2) is 9.59 Å². The minimum Gasteiger partial charge on any atom is -0.480 e. The predicted molar refractivity (Wildman–Crippen MR) is 65.3 cm³/mol. The van der Waals surface area contributed by atoms with Crippen LogP contribution in [0.25, 0.3) is 0 Å². The number of aliphatic hydroxyl groups is 1. The highest BCUT2D eigenvalue weighted by molar-refractivity contribution is 5.83. The molecule has 0 aliphatic carbocycles. The van der Waals surface area contributed by atoms with Crippen molar-refractivity contribution in [2.45, 2.75) is 31.5 Å². The number of carbonyl (C=O) groups excluding carboxylic acids is 1. The van der Waals surface area contributed by atoms with Crippen molar-refractivity contribution in [2.75, 3.05) is 27.2 Å². The van der Waals surface area contributed by atoms with Gasteiger partial charge in [0.25, 0.3) is 0 Å². The van der Waals surface area contributed by atoms with Crippen LogP contribution in [0.5, 0.6) is 0 Å². The molecule has 3 N–H and O–H groups in total. The molecular weight excluding hydrogens is 238 g/mol. The second-order valence-electron chi connectivity index (χ2n) is 5.01. The molecule has 18 heavy (non-hydrogen) atoms. The standard InChI is InChI=1S/C11H21N3O4/c1-7(5-13(2)3)12-11(18)14-6-8(15)4-9(14)10(16)17/h7-9,15H,4-6H2,1-3H3,(H,12,18)(H,16,17)/t7?,8?,9-/m0/s1. The molecule has 1 aliphatic rings. The number of rotatable bonds is 4. The van der Waals surface area contributed by atoms with E-state index >= 15 is 0 Å². The molecule has 0 radical (unpaired) electrons. The van der Waals surface area contributed by atoms with Crippen molar-refractivity contribution in [3.8, 4) is 0 Å². The number of β-amino-alcohol motifs (C(OH)–C–C–N with tert-alkyl or cyclic N) is 1. The first-order valence-corrected chi connectivity index (χ1v) is 5.94. The van der Waals surface area contributed by atoms with Gasteiger partial charge in [0.05, 0.1) is 6.10 Å². The van der Waals surface area contributed by atoms with Crippen LogP contribution in [0.15, 0.2) is 0 Å².